The van der Waals surface area contributed by atoms with Gasteiger partial charge in [-0.15, -0.1) is 0 Å². The fourth-order valence-electron chi connectivity index (χ4n) is 4.66. The molecule has 0 saturated carbocycles. The van der Waals surface area contributed by atoms with Crippen molar-refractivity contribution in [2.75, 3.05) is 0 Å². The zero-order valence-corrected chi connectivity index (χ0v) is 20.0. The summed E-state index contributed by atoms with van der Waals surface area (Å²) in [7, 11) is -1.54. The maximum Gasteiger partial charge on any atom is 0.161 e. The average molecular weight is 424 g/mol. The molecule has 5 rings (SSSR count). The Balaban J connectivity index is 1.81. The second-order valence-electron chi connectivity index (χ2n) is 10.0. The number of furan rings is 1. The monoisotopic (exact) mass is 423 g/mol. The highest BCUT2D eigenvalue weighted by atomic mass is 28.3. The minimum absolute atomic E-state index is 0.591. The first-order valence-electron chi connectivity index (χ1n) is 11.2. The van der Waals surface area contributed by atoms with E-state index in [-0.39, 0.29) is 0 Å². The van der Waals surface area contributed by atoms with Crippen LogP contribution in [0, 0.1) is 5.92 Å². The van der Waals surface area contributed by atoms with Crippen LogP contribution in [0.3, 0.4) is 0 Å². The van der Waals surface area contributed by atoms with E-state index in [4.69, 9.17) is 9.40 Å². The summed E-state index contributed by atoms with van der Waals surface area (Å²) in [5.41, 5.74) is 5.38. The van der Waals surface area contributed by atoms with Gasteiger partial charge in [0, 0.05) is 22.5 Å². The van der Waals surface area contributed by atoms with Gasteiger partial charge in [-0.3, -0.25) is 4.98 Å². The molecule has 2 heterocycles. The van der Waals surface area contributed by atoms with Gasteiger partial charge in [-0.25, -0.2) is 0 Å². The van der Waals surface area contributed by atoms with Gasteiger partial charge in [-0.05, 0) is 52.1 Å². The van der Waals surface area contributed by atoms with E-state index in [1.54, 1.807) is 0 Å². The molecule has 31 heavy (non-hydrogen) atoms. The highest BCUT2D eigenvalue weighted by molar-refractivity contribution is 6.90. The largest absolute Gasteiger partial charge is 0.454 e. The summed E-state index contributed by atoms with van der Waals surface area (Å²) in [6.07, 6.45) is 2.97. The van der Waals surface area contributed by atoms with Gasteiger partial charge in [0.05, 0.1) is 8.07 Å². The number of rotatable bonds is 4. The SMILES string of the molecule is CC(C)Cc1cc(-c2nccc3c2oc2c([Si](C)(C)C)cccc23)cc2ccccc12. The van der Waals surface area contributed by atoms with Crippen LogP contribution >= 0.6 is 0 Å². The van der Waals surface area contributed by atoms with E-state index in [2.05, 4.69) is 94.2 Å². The lowest BCUT2D eigenvalue weighted by Crippen LogP contribution is -2.37. The molecule has 0 aliphatic carbocycles. The van der Waals surface area contributed by atoms with Crippen molar-refractivity contribution in [3.63, 3.8) is 0 Å². The van der Waals surface area contributed by atoms with Gasteiger partial charge < -0.3 is 4.42 Å². The second kappa shape index (κ2) is 7.35. The summed E-state index contributed by atoms with van der Waals surface area (Å²) in [5.74, 6) is 0.591. The third kappa shape index (κ3) is 3.47. The maximum atomic E-state index is 6.60. The van der Waals surface area contributed by atoms with Crippen LogP contribution in [-0.2, 0) is 6.42 Å². The first-order valence-corrected chi connectivity index (χ1v) is 14.7. The van der Waals surface area contributed by atoms with E-state index in [0.29, 0.717) is 5.92 Å². The van der Waals surface area contributed by atoms with Gasteiger partial charge in [0.2, 0.25) is 0 Å². The molecular formula is C28H29NOSi. The fourth-order valence-corrected chi connectivity index (χ4v) is 6.12. The quantitative estimate of drug-likeness (QED) is 0.279. The molecular weight excluding hydrogens is 394 g/mol. The van der Waals surface area contributed by atoms with E-state index >= 15 is 0 Å². The average Bonchev–Trinajstić information content (AvgIpc) is 3.11. The van der Waals surface area contributed by atoms with Crippen LogP contribution in [0.2, 0.25) is 19.6 Å². The number of benzene rings is 3. The normalized spacial score (nSPS) is 12.5. The summed E-state index contributed by atoms with van der Waals surface area (Å²) in [5, 5.41) is 6.30. The number of nitrogens with zero attached hydrogens (tertiary/aromatic N) is 1. The van der Waals surface area contributed by atoms with Crippen molar-refractivity contribution in [3.05, 3.63) is 72.4 Å². The molecule has 0 aliphatic rings. The van der Waals surface area contributed by atoms with Gasteiger partial charge in [0.15, 0.2) is 5.58 Å². The van der Waals surface area contributed by atoms with Crippen LogP contribution in [0.25, 0.3) is 44.0 Å². The van der Waals surface area contributed by atoms with Crippen molar-refractivity contribution in [2.45, 2.75) is 39.9 Å². The Morgan fingerprint density at radius 1 is 0.839 bits per heavy atom. The van der Waals surface area contributed by atoms with E-state index in [0.717, 1.165) is 34.2 Å². The Morgan fingerprint density at radius 3 is 2.35 bits per heavy atom. The molecule has 0 bridgehead atoms. The third-order valence-corrected chi connectivity index (χ3v) is 8.08. The molecule has 0 unspecified atom stereocenters. The topological polar surface area (TPSA) is 26.0 Å². The highest BCUT2D eigenvalue weighted by Gasteiger charge is 2.23. The summed E-state index contributed by atoms with van der Waals surface area (Å²) in [6.45, 7) is 11.7. The lowest BCUT2D eigenvalue weighted by molar-refractivity contribution is 0.650. The standard InChI is InChI=1S/C28H29NOSi/c1-18(2)15-20-17-21(16-19-9-6-7-10-22(19)20)26-28-24(13-14-29-26)23-11-8-12-25(27(23)30-28)31(3,4)5/h6-14,16-18H,15H2,1-5H3. The minimum Gasteiger partial charge on any atom is -0.454 e. The molecule has 3 heteroatoms. The molecule has 2 nitrogen and oxygen atoms in total. The summed E-state index contributed by atoms with van der Waals surface area (Å²) < 4.78 is 6.60. The molecule has 5 aromatic rings. The van der Waals surface area contributed by atoms with E-state index in [1.165, 1.54) is 26.9 Å². The van der Waals surface area contributed by atoms with E-state index in [9.17, 15) is 0 Å². The number of aromatic nitrogens is 1. The maximum absolute atomic E-state index is 6.60. The number of pyridine rings is 1. The van der Waals surface area contributed by atoms with Gasteiger partial charge in [-0.2, -0.15) is 0 Å². The zero-order chi connectivity index (χ0) is 21.8. The highest BCUT2D eigenvalue weighted by Crippen LogP contribution is 2.36. The minimum atomic E-state index is -1.54. The number of para-hydroxylation sites is 1. The van der Waals surface area contributed by atoms with Crippen molar-refractivity contribution < 1.29 is 4.42 Å². The Morgan fingerprint density at radius 2 is 1.58 bits per heavy atom. The van der Waals surface area contributed by atoms with Gasteiger partial charge in [0.25, 0.3) is 0 Å². The number of fused-ring (bicyclic) bond motifs is 4. The Labute approximate surface area is 184 Å². The Bertz CT molecular complexity index is 1420. The third-order valence-electron chi connectivity index (χ3n) is 6.07. The van der Waals surface area contributed by atoms with Crippen LogP contribution < -0.4 is 5.19 Å². The first-order chi connectivity index (χ1) is 14.8. The molecule has 2 aromatic heterocycles. The van der Waals surface area contributed by atoms with Gasteiger partial charge in [-0.1, -0.05) is 76.0 Å². The van der Waals surface area contributed by atoms with Crippen LogP contribution in [-0.4, -0.2) is 13.1 Å². The summed E-state index contributed by atoms with van der Waals surface area (Å²) in [6, 6.07) is 21.9. The van der Waals surface area contributed by atoms with E-state index in [1.807, 2.05) is 6.20 Å². The number of hydrogen-bond acceptors (Lipinski definition) is 2. The Kier molecular flexibility index (Phi) is 4.74. The smallest absolute Gasteiger partial charge is 0.161 e. The van der Waals surface area contributed by atoms with Crippen molar-refractivity contribution in [1.82, 2.24) is 4.98 Å². The van der Waals surface area contributed by atoms with Crippen LogP contribution in [0.15, 0.2) is 71.3 Å². The van der Waals surface area contributed by atoms with Gasteiger partial charge >= 0.3 is 0 Å². The van der Waals surface area contributed by atoms with Crippen molar-refractivity contribution in [1.29, 1.82) is 0 Å². The molecule has 0 aliphatic heterocycles. The molecule has 0 saturated heterocycles. The van der Waals surface area contributed by atoms with Crippen LogP contribution in [0.5, 0.6) is 0 Å². The molecule has 156 valence electrons. The Hall–Kier alpha value is -2.91. The van der Waals surface area contributed by atoms with Crippen molar-refractivity contribution in [3.8, 4) is 11.3 Å². The summed E-state index contributed by atoms with van der Waals surface area (Å²) in [4.78, 5) is 4.81. The van der Waals surface area contributed by atoms with Crippen molar-refractivity contribution >= 4 is 46.0 Å². The van der Waals surface area contributed by atoms with Gasteiger partial charge in [0.1, 0.15) is 11.3 Å². The lowest BCUT2D eigenvalue weighted by atomic mass is 9.93. The molecule has 0 amide bonds. The molecule has 0 spiro atoms. The molecule has 0 radical (unpaired) electrons. The van der Waals surface area contributed by atoms with Crippen LogP contribution in [0.1, 0.15) is 19.4 Å². The lowest BCUT2D eigenvalue weighted by Gasteiger charge is -2.16. The fraction of sp³-hybridized carbons (Fsp3) is 0.250. The van der Waals surface area contributed by atoms with Crippen LogP contribution in [0.4, 0.5) is 0 Å². The predicted octanol–water partition coefficient (Wildman–Crippen LogP) is 7.54. The van der Waals surface area contributed by atoms with E-state index < -0.39 is 8.07 Å². The number of hydrogen-bond donors (Lipinski definition) is 0. The van der Waals surface area contributed by atoms with Crippen molar-refractivity contribution in [2.24, 2.45) is 5.92 Å². The molecule has 0 fully saturated rings. The zero-order valence-electron chi connectivity index (χ0n) is 19.0. The molecule has 0 N–H and O–H groups in total. The second-order valence-corrected chi connectivity index (χ2v) is 15.1. The summed E-state index contributed by atoms with van der Waals surface area (Å²) >= 11 is 0. The molecule has 3 aromatic carbocycles. The predicted molar refractivity (Wildman–Crippen MR) is 136 cm³/mol. The first kappa shape index (κ1) is 20.0. The molecule has 0 atom stereocenters.